The van der Waals surface area contributed by atoms with Crippen LogP contribution in [0.5, 0.6) is 11.8 Å². The zero-order chi connectivity index (χ0) is 21.5. The Morgan fingerprint density at radius 2 is 2.06 bits per heavy atom. The van der Waals surface area contributed by atoms with Gasteiger partial charge in [0.2, 0.25) is 5.91 Å². The lowest BCUT2D eigenvalue weighted by Crippen LogP contribution is -2.69. The highest BCUT2D eigenvalue weighted by Gasteiger charge is 2.62. The van der Waals surface area contributed by atoms with Crippen LogP contribution >= 0.6 is 0 Å². The van der Waals surface area contributed by atoms with E-state index in [1.165, 1.54) is 0 Å². The number of ether oxygens (including phenoxy) is 2. The fourth-order valence-electron chi connectivity index (χ4n) is 4.83. The third-order valence-electron chi connectivity index (χ3n) is 6.65. The summed E-state index contributed by atoms with van der Waals surface area (Å²) in [6.07, 6.45) is 5.90. The van der Waals surface area contributed by atoms with Crippen molar-refractivity contribution in [1.29, 1.82) is 0 Å². The summed E-state index contributed by atoms with van der Waals surface area (Å²) in [6, 6.07) is 7.81. The Labute approximate surface area is 181 Å². The molecule has 3 aliphatic rings. The summed E-state index contributed by atoms with van der Waals surface area (Å²) in [5.41, 5.74) is 2.07. The lowest BCUT2D eigenvalue weighted by atomic mass is 9.83. The van der Waals surface area contributed by atoms with E-state index >= 15 is 0 Å². The molecular weight excluding hydrogens is 418 g/mol. The molecule has 2 saturated heterocycles. The predicted octanol–water partition coefficient (Wildman–Crippen LogP) is 1.44. The van der Waals surface area contributed by atoms with Gasteiger partial charge in [-0.3, -0.25) is 4.79 Å². The maximum atomic E-state index is 12.8. The number of aromatic nitrogens is 2. The van der Waals surface area contributed by atoms with Gasteiger partial charge in [-0.05, 0) is 42.5 Å². The quantitative estimate of drug-likeness (QED) is 0.689. The van der Waals surface area contributed by atoms with E-state index in [1.54, 1.807) is 23.4 Å². The number of fused-ring (bicyclic) bond motifs is 1. The molecule has 1 atom stereocenters. The van der Waals surface area contributed by atoms with Crippen molar-refractivity contribution in [2.75, 3.05) is 32.1 Å². The fraction of sp³-hybridized carbons (Fsp3) is 0.500. The Morgan fingerprint density at radius 1 is 1.26 bits per heavy atom. The summed E-state index contributed by atoms with van der Waals surface area (Å²) in [5, 5.41) is 0. The van der Waals surface area contributed by atoms with Gasteiger partial charge in [-0.1, -0.05) is 12.1 Å². The number of carbonyl (C=O) groups is 1. The number of hydrogen-bond donors (Lipinski definition) is 0. The molecule has 9 heteroatoms. The van der Waals surface area contributed by atoms with Gasteiger partial charge in [-0.15, -0.1) is 0 Å². The molecule has 0 saturated carbocycles. The monoisotopic (exact) mass is 443 g/mol. The van der Waals surface area contributed by atoms with Crippen molar-refractivity contribution in [2.24, 2.45) is 5.92 Å². The van der Waals surface area contributed by atoms with Crippen LogP contribution in [0.4, 0.5) is 0 Å². The van der Waals surface area contributed by atoms with Gasteiger partial charge in [0, 0.05) is 31.4 Å². The number of likely N-dealkylation sites (tertiary alicyclic amines) is 1. The Kier molecular flexibility index (Phi) is 5.08. The van der Waals surface area contributed by atoms with Crippen molar-refractivity contribution in [3.63, 3.8) is 0 Å². The third kappa shape index (κ3) is 3.64. The minimum atomic E-state index is -3.29. The Hall–Kier alpha value is -2.68. The normalized spacial score (nSPS) is 23.0. The summed E-state index contributed by atoms with van der Waals surface area (Å²) in [6.45, 7) is 1.42. The second-order valence-corrected chi connectivity index (χ2v) is 11.0. The van der Waals surface area contributed by atoms with Gasteiger partial charge in [0.15, 0.2) is 9.84 Å². The maximum Gasteiger partial charge on any atom is 0.316 e. The van der Waals surface area contributed by atoms with Gasteiger partial charge in [0.1, 0.15) is 10.5 Å². The van der Waals surface area contributed by atoms with Gasteiger partial charge in [0.25, 0.3) is 0 Å². The standard InChI is InChI=1S/C22H25N3O5S/c26-20(12-16-4-5-19-17(11-16)3-1-9-29-19)25-14-22(15-25)18(6-10-31(22,27)28)13-30-21-23-7-2-8-24-21/h2,4-5,7-8,11,18H,1,3,6,9-10,12-15H2/t18-/m0/s1. The predicted molar refractivity (Wildman–Crippen MR) is 113 cm³/mol. The third-order valence-corrected chi connectivity index (χ3v) is 9.26. The molecule has 1 amide bonds. The molecule has 164 valence electrons. The van der Waals surface area contributed by atoms with Crippen LogP contribution in [-0.4, -0.2) is 66.0 Å². The second kappa shape index (κ2) is 7.78. The number of hydrogen-bond acceptors (Lipinski definition) is 7. The summed E-state index contributed by atoms with van der Waals surface area (Å²) in [5.74, 6) is 0.804. The first-order valence-electron chi connectivity index (χ1n) is 10.6. The van der Waals surface area contributed by atoms with E-state index in [0.29, 0.717) is 6.42 Å². The smallest absolute Gasteiger partial charge is 0.316 e. The first-order chi connectivity index (χ1) is 15.0. The van der Waals surface area contributed by atoms with E-state index in [4.69, 9.17) is 9.47 Å². The molecule has 1 aromatic carbocycles. The number of amides is 1. The Morgan fingerprint density at radius 3 is 2.87 bits per heavy atom. The molecule has 1 spiro atoms. The van der Waals surface area contributed by atoms with Gasteiger partial charge < -0.3 is 14.4 Å². The van der Waals surface area contributed by atoms with E-state index in [1.807, 2.05) is 18.2 Å². The van der Waals surface area contributed by atoms with Crippen LogP contribution in [0.3, 0.4) is 0 Å². The molecule has 0 unspecified atom stereocenters. The summed E-state index contributed by atoms with van der Waals surface area (Å²) < 4.78 is 36.0. The van der Waals surface area contributed by atoms with Crippen molar-refractivity contribution < 1.29 is 22.7 Å². The molecule has 2 fully saturated rings. The molecule has 0 N–H and O–H groups in total. The van der Waals surface area contributed by atoms with Gasteiger partial charge in [0.05, 0.1) is 25.4 Å². The lowest BCUT2D eigenvalue weighted by Gasteiger charge is -2.49. The molecule has 0 radical (unpaired) electrons. The van der Waals surface area contributed by atoms with E-state index in [2.05, 4.69) is 9.97 Å². The van der Waals surface area contributed by atoms with Gasteiger partial charge in [-0.2, -0.15) is 0 Å². The van der Waals surface area contributed by atoms with E-state index in [0.717, 1.165) is 36.3 Å². The van der Waals surface area contributed by atoms with Crippen molar-refractivity contribution in [3.05, 3.63) is 47.8 Å². The SMILES string of the molecule is O=C(Cc1ccc2c(c1)CCCO2)N1CC2(C1)[C@H](COc1ncccn1)CCS2(=O)=O. The van der Waals surface area contributed by atoms with Crippen LogP contribution in [0.1, 0.15) is 24.0 Å². The molecule has 0 aliphatic carbocycles. The zero-order valence-electron chi connectivity index (χ0n) is 17.2. The summed E-state index contributed by atoms with van der Waals surface area (Å²) in [7, 11) is -3.29. The number of aryl methyl sites for hydroxylation is 1. The molecular formula is C22H25N3O5S. The van der Waals surface area contributed by atoms with Crippen molar-refractivity contribution in [2.45, 2.75) is 30.4 Å². The van der Waals surface area contributed by atoms with E-state index in [-0.39, 0.29) is 49.7 Å². The second-order valence-electron chi connectivity index (χ2n) is 8.53. The number of rotatable bonds is 5. The minimum Gasteiger partial charge on any atom is -0.493 e. The number of nitrogens with zero attached hydrogens (tertiary/aromatic N) is 3. The molecule has 5 rings (SSSR count). The Balaban J connectivity index is 1.24. The molecule has 1 aromatic heterocycles. The Bertz CT molecular complexity index is 1080. The van der Waals surface area contributed by atoms with Crippen molar-refractivity contribution >= 4 is 15.7 Å². The minimum absolute atomic E-state index is 0.0459. The first kappa shape index (κ1) is 20.2. The highest BCUT2D eigenvalue weighted by molar-refractivity contribution is 7.93. The van der Waals surface area contributed by atoms with Crippen molar-refractivity contribution in [1.82, 2.24) is 14.9 Å². The molecule has 8 nitrogen and oxygen atoms in total. The highest BCUT2D eigenvalue weighted by atomic mass is 32.2. The molecule has 4 heterocycles. The number of benzene rings is 1. The lowest BCUT2D eigenvalue weighted by molar-refractivity contribution is -0.136. The maximum absolute atomic E-state index is 12.8. The van der Waals surface area contributed by atoms with Gasteiger partial charge >= 0.3 is 6.01 Å². The average Bonchev–Trinajstić information content (AvgIpc) is 3.02. The van der Waals surface area contributed by atoms with Crippen LogP contribution in [0, 0.1) is 5.92 Å². The van der Waals surface area contributed by atoms with Gasteiger partial charge in [-0.25, -0.2) is 18.4 Å². The largest absolute Gasteiger partial charge is 0.493 e. The van der Waals surface area contributed by atoms with E-state index in [9.17, 15) is 13.2 Å². The topological polar surface area (TPSA) is 98.7 Å². The molecule has 0 bridgehead atoms. The average molecular weight is 444 g/mol. The van der Waals surface area contributed by atoms with Crippen LogP contribution in [0.2, 0.25) is 0 Å². The number of carbonyl (C=O) groups excluding carboxylic acids is 1. The van der Waals surface area contributed by atoms with E-state index < -0.39 is 14.6 Å². The van der Waals surface area contributed by atoms with Crippen molar-refractivity contribution in [3.8, 4) is 11.8 Å². The molecule has 3 aliphatic heterocycles. The van der Waals surface area contributed by atoms with Crippen LogP contribution < -0.4 is 9.47 Å². The molecule has 31 heavy (non-hydrogen) atoms. The van der Waals surface area contributed by atoms with Crippen LogP contribution in [0.25, 0.3) is 0 Å². The summed E-state index contributed by atoms with van der Waals surface area (Å²) in [4.78, 5) is 22.6. The fourth-order valence-corrected chi connectivity index (χ4v) is 7.23. The first-order valence-corrected chi connectivity index (χ1v) is 12.3. The highest BCUT2D eigenvalue weighted by Crippen LogP contribution is 2.45. The molecule has 2 aromatic rings. The number of sulfone groups is 1. The van der Waals surface area contributed by atoms with Crippen LogP contribution in [-0.2, 0) is 27.5 Å². The zero-order valence-corrected chi connectivity index (χ0v) is 18.0. The summed E-state index contributed by atoms with van der Waals surface area (Å²) >= 11 is 0. The van der Waals surface area contributed by atoms with Crippen LogP contribution in [0.15, 0.2) is 36.7 Å².